The molecule has 0 amide bonds. The number of benzene rings is 1. The fourth-order valence-corrected chi connectivity index (χ4v) is 5.38. The molecule has 1 aliphatic heterocycles. The summed E-state index contributed by atoms with van der Waals surface area (Å²) >= 11 is 0. The Morgan fingerprint density at radius 2 is 1.89 bits per heavy atom. The number of aromatic nitrogens is 4. The first-order chi connectivity index (χ1) is 17.4. The van der Waals surface area contributed by atoms with Crippen LogP contribution in [0.4, 0.5) is 13.2 Å². The molecular weight excluding hydrogens is 467 g/mol. The van der Waals surface area contributed by atoms with Crippen LogP contribution >= 0.6 is 0 Å². The standard InChI is InChI=1S/C27H26F3N5O/c28-22-10-18(27(30)14-36-15-27)11-23(29)26(22)24-5-4-20-13-33-25(35(20)34-24)9-17-12-32-7-6-21(17)16-2-1-3-19(31)8-16/h4-7,10-13,16,19H,1-3,8-9,14-15,31H2/t16-,19+/m1/s1. The normalized spacial score (nSPS) is 21.4. The Hall–Kier alpha value is -3.30. The maximum Gasteiger partial charge on any atom is 0.182 e. The Morgan fingerprint density at radius 1 is 1.08 bits per heavy atom. The minimum atomic E-state index is -1.86. The van der Waals surface area contributed by atoms with Gasteiger partial charge in [0, 0.05) is 24.9 Å². The molecule has 1 aromatic carbocycles. The number of nitrogens with zero attached hydrogens (tertiary/aromatic N) is 4. The highest BCUT2D eigenvalue weighted by molar-refractivity contribution is 5.63. The zero-order chi connectivity index (χ0) is 24.9. The Bertz CT molecular complexity index is 1410. The van der Waals surface area contributed by atoms with Crippen LogP contribution in [0, 0.1) is 11.6 Å². The van der Waals surface area contributed by atoms with E-state index in [-0.39, 0.29) is 36.1 Å². The zero-order valence-electron chi connectivity index (χ0n) is 19.6. The topological polar surface area (TPSA) is 78.3 Å². The maximum absolute atomic E-state index is 15.0. The van der Waals surface area contributed by atoms with Crippen LogP contribution in [0.5, 0.6) is 0 Å². The smallest absolute Gasteiger partial charge is 0.182 e. The lowest BCUT2D eigenvalue weighted by atomic mass is 9.80. The molecule has 0 spiro atoms. The van der Waals surface area contributed by atoms with E-state index in [9.17, 15) is 4.39 Å². The van der Waals surface area contributed by atoms with Crippen molar-refractivity contribution >= 4 is 5.52 Å². The molecule has 4 heterocycles. The van der Waals surface area contributed by atoms with E-state index in [1.807, 2.05) is 12.3 Å². The molecule has 186 valence electrons. The summed E-state index contributed by atoms with van der Waals surface area (Å²) < 4.78 is 51.2. The number of rotatable bonds is 5. The average molecular weight is 494 g/mol. The average Bonchev–Trinajstić information content (AvgIpc) is 3.24. The molecule has 0 unspecified atom stereocenters. The van der Waals surface area contributed by atoms with Crippen LogP contribution in [0.25, 0.3) is 16.8 Å². The van der Waals surface area contributed by atoms with Gasteiger partial charge in [-0.1, -0.05) is 6.42 Å². The van der Waals surface area contributed by atoms with Gasteiger partial charge in [-0.25, -0.2) is 22.7 Å². The second kappa shape index (κ2) is 8.97. The van der Waals surface area contributed by atoms with E-state index in [4.69, 9.17) is 10.5 Å². The van der Waals surface area contributed by atoms with Gasteiger partial charge in [0.25, 0.3) is 0 Å². The van der Waals surface area contributed by atoms with Crippen molar-refractivity contribution in [2.45, 2.75) is 49.7 Å². The molecule has 1 saturated carbocycles. The molecular formula is C27H26F3N5O. The summed E-state index contributed by atoms with van der Waals surface area (Å²) in [6.07, 6.45) is 9.94. The second-order valence-electron chi connectivity index (χ2n) is 9.88. The van der Waals surface area contributed by atoms with Crippen molar-refractivity contribution in [3.63, 3.8) is 0 Å². The lowest BCUT2D eigenvalue weighted by Gasteiger charge is -2.34. The quantitative estimate of drug-likeness (QED) is 0.431. The number of halogens is 3. The third kappa shape index (κ3) is 4.06. The molecule has 2 fully saturated rings. The molecule has 2 atom stereocenters. The van der Waals surface area contributed by atoms with Crippen LogP contribution in [-0.4, -0.2) is 38.8 Å². The van der Waals surface area contributed by atoms with Gasteiger partial charge in [-0.15, -0.1) is 0 Å². The van der Waals surface area contributed by atoms with Crippen LogP contribution in [0.1, 0.15) is 54.1 Å². The van der Waals surface area contributed by atoms with Crippen LogP contribution in [0.2, 0.25) is 0 Å². The molecule has 0 radical (unpaired) electrons. The lowest BCUT2D eigenvalue weighted by molar-refractivity contribution is -0.135. The first kappa shape index (κ1) is 23.1. The summed E-state index contributed by atoms with van der Waals surface area (Å²) in [5.41, 5.74) is 7.05. The Kier molecular flexibility index (Phi) is 5.76. The van der Waals surface area contributed by atoms with E-state index in [0.717, 1.165) is 43.4 Å². The predicted molar refractivity (Wildman–Crippen MR) is 128 cm³/mol. The number of nitrogens with two attached hydrogens (primary N) is 1. The summed E-state index contributed by atoms with van der Waals surface area (Å²) in [5, 5.41) is 4.52. The molecule has 6 nitrogen and oxygen atoms in total. The minimum absolute atomic E-state index is 0.0663. The molecule has 9 heteroatoms. The van der Waals surface area contributed by atoms with Crippen LogP contribution in [0.3, 0.4) is 0 Å². The molecule has 36 heavy (non-hydrogen) atoms. The van der Waals surface area contributed by atoms with E-state index in [1.165, 1.54) is 5.56 Å². The molecule has 3 aromatic heterocycles. The minimum Gasteiger partial charge on any atom is -0.374 e. The van der Waals surface area contributed by atoms with Gasteiger partial charge in [0.15, 0.2) is 5.67 Å². The Balaban J connectivity index is 1.35. The van der Waals surface area contributed by atoms with Crippen molar-refractivity contribution in [3.05, 3.63) is 83.1 Å². The van der Waals surface area contributed by atoms with E-state index >= 15 is 8.78 Å². The lowest BCUT2D eigenvalue weighted by Crippen LogP contribution is -2.42. The number of hydrogen-bond acceptors (Lipinski definition) is 5. The van der Waals surface area contributed by atoms with Gasteiger partial charge in [0.2, 0.25) is 0 Å². The number of fused-ring (bicyclic) bond motifs is 1. The van der Waals surface area contributed by atoms with Crippen LogP contribution in [0.15, 0.2) is 48.9 Å². The molecule has 1 aliphatic carbocycles. The fourth-order valence-electron chi connectivity index (χ4n) is 5.38. The van der Waals surface area contributed by atoms with Gasteiger partial charge < -0.3 is 10.5 Å². The van der Waals surface area contributed by atoms with Crippen LogP contribution < -0.4 is 5.73 Å². The SMILES string of the molecule is N[C@H]1CCC[C@@H](c2ccncc2Cc2ncc3ccc(-c4c(F)cc(C5(F)COC5)cc4F)nn23)C1. The van der Waals surface area contributed by atoms with Crippen molar-refractivity contribution in [3.8, 4) is 11.3 Å². The largest absolute Gasteiger partial charge is 0.374 e. The van der Waals surface area contributed by atoms with Gasteiger partial charge in [0.05, 0.1) is 36.2 Å². The maximum atomic E-state index is 15.0. The van der Waals surface area contributed by atoms with Crippen LogP contribution in [-0.2, 0) is 16.8 Å². The fraction of sp³-hybridized carbons (Fsp3) is 0.370. The monoisotopic (exact) mass is 493 g/mol. The third-order valence-corrected chi connectivity index (χ3v) is 7.38. The summed E-state index contributed by atoms with van der Waals surface area (Å²) in [6.45, 7) is -0.423. The Labute approximate surface area is 206 Å². The van der Waals surface area contributed by atoms with Gasteiger partial charge in [-0.05, 0) is 72.2 Å². The van der Waals surface area contributed by atoms with Crippen molar-refractivity contribution < 1.29 is 17.9 Å². The summed E-state index contributed by atoms with van der Waals surface area (Å²) in [5.74, 6) is -0.743. The molecule has 0 bridgehead atoms. The first-order valence-electron chi connectivity index (χ1n) is 12.2. The molecule has 1 saturated heterocycles. The highest BCUT2D eigenvalue weighted by atomic mass is 19.1. The van der Waals surface area contributed by atoms with Crippen molar-refractivity contribution in [1.82, 2.24) is 19.6 Å². The molecule has 2 N–H and O–H groups in total. The molecule has 6 rings (SSSR count). The summed E-state index contributed by atoms with van der Waals surface area (Å²) in [6, 6.07) is 7.55. The first-order valence-corrected chi connectivity index (χ1v) is 12.2. The highest BCUT2D eigenvalue weighted by Gasteiger charge is 2.41. The number of pyridine rings is 1. The van der Waals surface area contributed by atoms with E-state index < -0.39 is 17.3 Å². The second-order valence-corrected chi connectivity index (χ2v) is 9.88. The number of ether oxygens (including phenoxy) is 1. The summed E-state index contributed by atoms with van der Waals surface area (Å²) in [7, 11) is 0. The number of alkyl halides is 1. The summed E-state index contributed by atoms with van der Waals surface area (Å²) in [4.78, 5) is 8.85. The number of hydrogen-bond donors (Lipinski definition) is 1. The Morgan fingerprint density at radius 3 is 2.61 bits per heavy atom. The molecule has 4 aromatic rings. The van der Waals surface area contributed by atoms with E-state index in [0.29, 0.717) is 23.7 Å². The van der Waals surface area contributed by atoms with E-state index in [2.05, 4.69) is 15.1 Å². The van der Waals surface area contributed by atoms with Gasteiger partial charge in [-0.3, -0.25) is 4.98 Å². The van der Waals surface area contributed by atoms with Gasteiger partial charge in [0.1, 0.15) is 17.5 Å². The van der Waals surface area contributed by atoms with Gasteiger partial charge >= 0.3 is 0 Å². The van der Waals surface area contributed by atoms with Crippen molar-refractivity contribution in [1.29, 1.82) is 0 Å². The number of imidazole rings is 1. The van der Waals surface area contributed by atoms with Crippen molar-refractivity contribution in [2.24, 2.45) is 5.73 Å². The molecule has 2 aliphatic rings. The highest BCUT2D eigenvalue weighted by Crippen LogP contribution is 2.37. The third-order valence-electron chi connectivity index (χ3n) is 7.38. The van der Waals surface area contributed by atoms with Gasteiger partial charge in [-0.2, -0.15) is 5.10 Å². The predicted octanol–water partition coefficient (Wildman–Crippen LogP) is 4.84. The van der Waals surface area contributed by atoms with Crippen molar-refractivity contribution in [2.75, 3.05) is 13.2 Å². The zero-order valence-corrected chi connectivity index (χ0v) is 19.6. The van der Waals surface area contributed by atoms with E-state index in [1.54, 1.807) is 29.0 Å².